The van der Waals surface area contributed by atoms with Gasteiger partial charge in [0, 0.05) is 62.6 Å². The first kappa shape index (κ1) is 31.4. The molecular weight excluding hydrogens is 634 g/mol. The first-order valence-corrected chi connectivity index (χ1v) is 15.3. The molecule has 13 nitrogen and oxygen atoms in total. The largest absolute Gasteiger partial charge is 0.419 e. The highest BCUT2D eigenvalue weighted by Gasteiger charge is 2.28. The molecular formula is C36H27N3O10. The number of carbonyl (C=O) groups excluding carboxylic acids is 1. The summed E-state index contributed by atoms with van der Waals surface area (Å²) in [4.78, 5) is 67.8. The van der Waals surface area contributed by atoms with Gasteiger partial charge in [0.25, 0.3) is 0 Å². The van der Waals surface area contributed by atoms with Crippen LogP contribution in [0, 0.1) is 0 Å². The number of carbonyl (C=O) groups is 1. The topological polar surface area (TPSA) is 170 Å². The summed E-state index contributed by atoms with van der Waals surface area (Å²) in [6, 6.07) is 26.6. The maximum absolute atomic E-state index is 13.8. The lowest BCUT2D eigenvalue weighted by atomic mass is 9.96. The highest BCUT2D eigenvalue weighted by atomic mass is 16.5. The van der Waals surface area contributed by atoms with Crippen LogP contribution in [-0.2, 0) is 6.54 Å². The lowest BCUT2D eigenvalue weighted by Gasteiger charge is -2.39. The summed E-state index contributed by atoms with van der Waals surface area (Å²) in [6.45, 7) is 3.39. The van der Waals surface area contributed by atoms with E-state index in [1.165, 1.54) is 17.2 Å². The van der Waals surface area contributed by atoms with Gasteiger partial charge in [0.05, 0.1) is 18.2 Å². The van der Waals surface area contributed by atoms with E-state index in [2.05, 4.69) is 39.2 Å². The van der Waals surface area contributed by atoms with E-state index in [0.717, 1.165) is 56.5 Å². The number of hydrogen-bond donors (Lipinski definition) is 0. The quantitative estimate of drug-likeness (QED) is 0.225. The maximum Gasteiger partial charge on any atom is 0.336 e. The molecule has 246 valence electrons. The molecule has 1 aliphatic heterocycles. The molecule has 3 aromatic heterocycles. The van der Waals surface area contributed by atoms with E-state index < -0.39 is 50.6 Å². The van der Waals surface area contributed by atoms with Crippen molar-refractivity contribution in [2.45, 2.75) is 12.6 Å². The van der Waals surface area contributed by atoms with Crippen LogP contribution < -0.4 is 22.5 Å². The highest BCUT2D eigenvalue weighted by molar-refractivity contribution is 6.17. The van der Waals surface area contributed by atoms with E-state index in [1.807, 2.05) is 36.4 Å². The normalized spacial score (nSPS) is 13.9. The fourth-order valence-corrected chi connectivity index (χ4v) is 5.87. The van der Waals surface area contributed by atoms with Crippen LogP contribution in [-0.4, -0.2) is 46.9 Å². The molecule has 0 saturated carbocycles. The zero-order valence-electron chi connectivity index (χ0n) is 25.8. The summed E-state index contributed by atoms with van der Waals surface area (Å²) in [5.41, 5.74) is -4.21. The molecule has 0 amide bonds. The average molecular weight is 662 g/mol. The number of piperazine rings is 1. The molecule has 3 aromatic carbocycles. The highest BCUT2D eigenvalue weighted by Crippen LogP contribution is 2.30. The predicted octanol–water partition coefficient (Wildman–Crippen LogP) is 4.06. The smallest absolute Gasteiger partial charge is 0.336 e. The average Bonchev–Trinajstić information content (AvgIpc) is 3.57. The van der Waals surface area contributed by atoms with Crippen molar-refractivity contribution < 1.29 is 27.0 Å². The number of ketones is 1. The van der Waals surface area contributed by atoms with E-state index in [-0.39, 0.29) is 17.3 Å². The molecule has 1 aliphatic rings. The second-order valence-corrected chi connectivity index (χ2v) is 11.3. The molecule has 1 saturated heterocycles. The molecule has 7 rings (SSSR count). The van der Waals surface area contributed by atoms with Crippen molar-refractivity contribution in [2.75, 3.05) is 26.2 Å². The fourth-order valence-electron chi connectivity index (χ4n) is 5.87. The van der Waals surface area contributed by atoms with Crippen LogP contribution >= 0.6 is 0 Å². The maximum atomic E-state index is 13.8. The van der Waals surface area contributed by atoms with Gasteiger partial charge in [-0.2, -0.15) is 0 Å². The second kappa shape index (κ2) is 13.5. The summed E-state index contributed by atoms with van der Waals surface area (Å²) >= 11 is 0. The van der Waals surface area contributed by atoms with Crippen LogP contribution in [0.1, 0.15) is 39.0 Å². The summed E-state index contributed by atoms with van der Waals surface area (Å²) in [5, 5.41) is 3.95. The molecule has 0 N–H and O–H groups in total. The lowest BCUT2D eigenvalue weighted by Crippen LogP contribution is -2.47. The molecule has 0 spiro atoms. The minimum Gasteiger partial charge on any atom is -0.419 e. The van der Waals surface area contributed by atoms with E-state index in [4.69, 9.17) is 22.2 Å². The number of nitrogens with zero attached hydrogens (tertiary/aromatic N) is 3. The molecule has 0 aliphatic carbocycles. The second-order valence-electron chi connectivity index (χ2n) is 11.3. The van der Waals surface area contributed by atoms with Gasteiger partial charge in [0.1, 0.15) is 0 Å². The molecule has 4 heterocycles. The Morgan fingerprint density at radius 2 is 1.16 bits per heavy atom. The van der Waals surface area contributed by atoms with E-state index >= 15 is 0 Å². The fraction of sp³-hybridized carbons (Fsp3) is 0.167. The van der Waals surface area contributed by atoms with E-state index in [9.17, 15) is 24.0 Å². The Morgan fingerprint density at radius 1 is 0.633 bits per heavy atom. The van der Waals surface area contributed by atoms with E-state index in [1.54, 1.807) is 0 Å². The van der Waals surface area contributed by atoms with Crippen molar-refractivity contribution in [1.82, 2.24) is 15.0 Å². The number of hydrogen-bond acceptors (Lipinski definition) is 13. The van der Waals surface area contributed by atoms with Crippen molar-refractivity contribution >= 4 is 28.1 Å². The standard InChI is InChI=1S/C36H27N3O10/c40-28-11-12-30(42)47-35-27(45-28)20-25(34-36(35)48-31(43)14-13-29(41)46-34)33(44)26-19-24(49-37-26)21-38-15-17-39(18-16-38)32(22-7-3-1-4-8-22)23-9-5-2-6-10-23/h1-14,19-20,32H,15-18,21H2. The molecule has 6 aromatic rings. The molecule has 13 heteroatoms. The van der Waals surface area contributed by atoms with Crippen LogP contribution in [0.2, 0.25) is 0 Å². The summed E-state index contributed by atoms with van der Waals surface area (Å²) in [5.74, 6) is -0.397. The van der Waals surface area contributed by atoms with Crippen molar-refractivity contribution in [3.63, 3.8) is 0 Å². The molecule has 0 bridgehead atoms. The van der Waals surface area contributed by atoms with Gasteiger partial charge >= 0.3 is 22.5 Å². The van der Waals surface area contributed by atoms with Crippen molar-refractivity contribution in [1.29, 1.82) is 0 Å². The third-order valence-corrected chi connectivity index (χ3v) is 8.10. The van der Waals surface area contributed by atoms with Gasteiger partial charge in [-0.1, -0.05) is 65.8 Å². The van der Waals surface area contributed by atoms with Crippen LogP contribution in [0.3, 0.4) is 0 Å². The Morgan fingerprint density at radius 3 is 1.76 bits per heavy atom. The molecule has 49 heavy (non-hydrogen) atoms. The predicted molar refractivity (Wildman–Crippen MR) is 175 cm³/mol. The molecule has 0 radical (unpaired) electrons. The Hall–Kier alpha value is -6.18. The zero-order chi connectivity index (χ0) is 33.9. The van der Waals surface area contributed by atoms with Gasteiger partial charge in [-0.25, -0.2) is 19.2 Å². The molecule has 0 atom stereocenters. The van der Waals surface area contributed by atoms with Gasteiger partial charge in [0.2, 0.25) is 16.9 Å². The lowest BCUT2D eigenvalue weighted by molar-refractivity contribution is 0.0977. The van der Waals surface area contributed by atoms with Crippen LogP contribution in [0.4, 0.5) is 0 Å². The van der Waals surface area contributed by atoms with Gasteiger partial charge in [-0.05, 0) is 11.1 Å². The summed E-state index contributed by atoms with van der Waals surface area (Å²) in [6.07, 6.45) is 0. The Bertz CT molecular complexity index is 2410. The first-order valence-electron chi connectivity index (χ1n) is 15.3. The van der Waals surface area contributed by atoms with Crippen molar-refractivity contribution in [3.8, 4) is 0 Å². The summed E-state index contributed by atoms with van der Waals surface area (Å²) in [7, 11) is 0. The van der Waals surface area contributed by atoms with Crippen LogP contribution in [0.25, 0.3) is 22.3 Å². The number of rotatable bonds is 7. The molecule has 0 unspecified atom stereocenters. The number of benzene rings is 3. The zero-order valence-corrected chi connectivity index (χ0v) is 25.8. The van der Waals surface area contributed by atoms with E-state index in [0.29, 0.717) is 12.3 Å². The van der Waals surface area contributed by atoms with Crippen molar-refractivity contribution in [3.05, 3.63) is 167 Å². The van der Waals surface area contributed by atoms with Crippen LogP contribution in [0.5, 0.6) is 0 Å². The Labute approximate surface area is 275 Å². The molecule has 1 fully saturated rings. The third kappa shape index (κ3) is 6.79. The number of aromatic nitrogens is 1. The summed E-state index contributed by atoms with van der Waals surface area (Å²) < 4.78 is 26.6. The van der Waals surface area contributed by atoms with Gasteiger partial charge in [-0.3, -0.25) is 14.6 Å². The van der Waals surface area contributed by atoms with Crippen LogP contribution in [0.15, 0.2) is 138 Å². The minimum absolute atomic E-state index is 0.103. The monoisotopic (exact) mass is 661 g/mol. The van der Waals surface area contributed by atoms with Gasteiger partial charge in [0.15, 0.2) is 22.6 Å². The van der Waals surface area contributed by atoms with Gasteiger partial charge in [-0.15, -0.1) is 0 Å². The third-order valence-electron chi connectivity index (χ3n) is 8.10. The minimum atomic E-state index is -1.03. The Balaban J connectivity index is 1.17. The first-order chi connectivity index (χ1) is 23.8. The SMILES string of the molecule is O=C(c1cc(CN2CCN(C(c3ccccc3)c3ccccc3)CC2)on1)c1cc2oc(=O)ccc(=O)oc2c2oc(=O)ccc(=O)oc12. The number of fused-ring (bicyclic) bond motifs is 3. The van der Waals surface area contributed by atoms with Gasteiger partial charge < -0.3 is 22.2 Å². The van der Waals surface area contributed by atoms with Crippen molar-refractivity contribution in [2.24, 2.45) is 0 Å². The Kier molecular flexibility index (Phi) is 8.66.